The number of amides is 1. The summed E-state index contributed by atoms with van der Waals surface area (Å²) in [5.74, 6) is 1.60. The number of ether oxygens (including phenoxy) is 1. The molecular weight excluding hydrogens is 324 g/mol. The van der Waals surface area contributed by atoms with Crippen molar-refractivity contribution in [3.63, 3.8) is 0 Å². The van der Waals surface area contributed by atoms with Crippen LogP contribution in [0.2, 0.25) is 0 Å². The minimum atomic E-state index is -0.405. The van der Waals surface area contributed by atoms with Gasteiger partial charge in [-0.1, -0.05) is 30.3 Å². The Morgan fingerprint density at radius 2 is 1.92 bits per heavy atom. The number of rotatable bonds is 3. The summed E-state index contributed by atoms with van der Waals surface area (Å²) in [6, 6.07) is 10.8. The molecule has 1 aliphatic carbocycles. The second-order valence-electron chi connectivity index (χ2n) is 9.60. The van der Waals surface area contributed by atoms with E-state index in [9.17, 15) is 4.79 Å². The maximum absolute atomic E-state index is 12.4. The molecule has 1 aromatic rings. The van der Waals surface area contributed by atoms with Crippen molar-refractivity contribution in [1.82, 2.24) is 9.80 Å². The molecule has 1 spiro atoms. The SMILES string of the molecule is CC(C)(C)OC(=O)N1CC[C@@]2(CCC2C2CN(Cc3ccccc3)C2)C1. The highest BCUT2D eigenvalue weighted by Gasteiger charge is 2.56. The molecule has 4 nitrogen and oxygen atoms in total. The average molecular weight is 357 g/mol. The lowest BCUT2D eigenvalue weighted by Gasteiger charge is -2.56. The first kappa shape index (κ1) is 17.8. The molecule has 0 radical (unpaired) electrons. The van der Waals surface area contributed by atoms with Crippen molar-refractivity contribution in [2.24, 2.45) is 17.3 Å². The van der Waals surface area contributed by atoms with Gasteiger partial charge in [-0.15, -0.1) is 0 Å². The van der Waals surface area contributed by atoms with Gasteiger partial charge in [0.15, 0.2) is 0 Å². The first-order chi connectivity index (χ1) is 12.3. The van der Waals surface area contributed by atoms with Crippen LogP contribution in [0, 0.1) is 17.3 Å². The Balaban J connectivity index is 1.28. The molecule has 4 rings (SSSR count). The molecule has 1 saturated carbocycles. The summed E-state index contributed by atoms with van der Waals surface area (Å²) in [6.07, 6.45) is 3.66. The molecule has 142 valence electrons. The fourth-order valence-corrected chi connectivity index (χ4v) is 5.17. The van der Waals surface area contributed by atoms with Crippen molar-refractivity contribution in [2.45, 2.75) is 52.2 Å². The van der Waals surface area contributed by atoms with E-state index in [0.717, 1.165) is 37.9 Å². The summed E-state index contributed by atoms with van der Waals surface area (Å²) in [6.45, 7) is 11.1. The van der Waals surface area contributed by atoms with Crippen LogP contribution < -0.4 is 0 Å². The quantitative estimate of drug-likeness (QED) is 0.815. The molecule has 1 aromatic carbocycles. The first-order valence-electron chi connectivity index (χ1n) is 10.1. The van der Waals surface area contributed by atoms with Crippen LogP contribution in [0.25, 0.3) is 0 Å². The Labute approximate surface area is 157 Å². The van der Waals surface area contributed by atoms with Crippen LogP contribution in [0.1, 0.15) is 45.6 Å². The summed E-state index contributed by atoms with van der Waals surface area (Å²) in [5.41, 5.74) is 1.38. The molecule has 0 aromatic heterocycles. The van der Waals surface area contributed by atoms with Gasteiger partial charge in [0.2, 0.25) is 0 Å². The van der Waals surface area contributed by atoms with Crippen molar-refractivity contribution in [1.29, 1.82) is 0 Å². The summed E-state index contributed by atoms with van der Waals surface area (Å²) in [5, 5.41) is 0. The number of hydrogen-bond acceptors (Lipinski definition) is 3. The van der Waals surface area contributed by atoms with Crippen LogP contribution in [0.4, 0.5) is 4.79 Å². The third kappa shape index (κ3) is 3.48. The van der Waals surface area contributed by atoms with Gasteiger partial charge in [-0.25, -0.2) is 4.79 Å². The van der Waals surface area contributed by atoms with Crippen molar-refractivity contribution in [2.75, 3.05) is 26.2 Å². The Morgan fingerprint density at radius 3 is 2.54 bits per heavy atom. The second kappa shape index (κ2) is 6.56. The van der Waals surface area contributed by atoms with Gasteiger partial charge in [0.1, 0.15) is 5.60 Å². The highest BCUT2D eigenvalue weighted by Crippen LogP contribution is 2.57. The second-order valence-corrected chi connectivity index (χ2v) is 9.60. The lowest BCUT2D eigenvalue weighted by atomic mass is 9.54. The van der Waals surface area contributed by atoms with Crippen LogP contribution in [0.15, 0.2) is 30.3 Å². The molecule has 3 aliphatic rings. The van der Waals surface area contributed by atoms with Crippen LogP contribution in [-0.2, 0) is 11.3 Å². The van der Waals surface area contributed by atoms with Gasteiger partial charge in [0.05, 0.1) is 0 Å². The van der Waals surface area contributed by atoms with Crippen LogP contribution in [0.3, 0.4) is 0 Å². The summed E-state index contributed by atoms with van der Waals surface area (Å²) in [4.78, 5) is 16.9. The van der Waals surface area contributed by atoms with Crippen molar-refractivity contribution in [3.05, 3.63) is 35.9 Å². The zero-order chi connectivity index (χ0) is 18.4. The summed E-state index contributed by atoms with van der Waals surface area (Å²) in [7, 11) is 0. The number of carbonyl (C=O) groups excluding carboxylic acids is 1. The van der Waals surface area contributed by atoms with E-state index in [2.05, 4.69) is 35.2 Å². The Morgan fingerprint density at radius 1 is 1.19 bits per heavy atom. The topological polar surface area (TPSA) is 32.8 Å². The molecule has 2 atom stereocenters. The van der Waals surface area contributed by atoms with E-state index in [4.69, 9.17) is 4.74 Å². The van der Waals surface area contributed by atoms with E-state index in [0.29, 0.717) is 5.41 Å². The van der Waals surface area contributed by atoms with E-state index in [1.807, 2.05) is 25.7 Å². The van der Waals surface area contributed by atoms with E-state index < -0.39 is 5.60 Å². The largest absolute Gasteiger partial charge is 0.444 e. The van der Waals surface area contributed by atoms with E-state index in [1.54, 1.807) is 0 Å². The predicted octanol–water partition coefficient (Wildman–Crippen LogP) is 4.16. The van der Waals surface area contributed by atoms with E-state index in [1.165, 1.54) is 31.5 Å². The number of carbonyl (C=O) groups is 1. The third-order valence-electron chi connectivity index (χ3n) is 6.58. The maximum Gasteiger partial charge on any atom is 0.410 e. The Hall–Kier alpha value is -1.55. The molecular formula is C22H32N2O2. The summed E-state index contributed by atoms with van der Waals surface area (Å²) < 4.78 is 5.58. The van der Waals surface area contributed by atoms with Crippen molar-refractivity contribution in [3.8, 4) is 0 Å². The number of likely N-dealkylation sites (tertiary alicyclic amines) is 2. The number of nitrogens with zero attached hydrogens (tertiary/aromatic N) is 2. The van der Waals surface area contributed by atoms with E-state index >= 15 is 0 Å². The highest BCUT2D eigenvalue weighted by molar-refractivity contribution is 5.68. The normalized spacial score (nSPS) is 29.5. The van der Waals surface area contributed by atoms with E-state index in [-0.39, 0.29) is 6.09 Å². The monoisotopic (exact) mass is 356 g/mol. The number of benzene rings is 1. The standard InChI is InChI=1S/C22H32N2O2/c1-21(2,3)26-20(25)24-12-11-22(16-24)10-9-19(22)18-14-23(15-18)13-17-7-5-4-6-8-17/h4-8,18-19H,9-16H2,1-3H3/t19?,22-/m0/s1. The van der Waals surface area contributed by atoms with Gasteiger partial charge >= 0.3 is 6.09 Å². The van der Waals surface area contributed by atoms with Gasteiger partial charge < -0.3 is 9.64 Å². The zero-order valence-corrected chi connectivity index (χ0v) is 16.4. The fourth-order valence-electron chi connectivity index (χ4n) is 5.17. The van der Waals surface area contributed by atoms with Crippen LogP contribution >= 0.6 is 0 Å². The molecule has 1 amide bonds. The molecule has 0 bridgehead atoms. The average Bonchev–Trinajstić information content (AvgIpc) is 2.99. The lowest BCUT2D eigenvalue weighted by Crippen LogP contribution is -2.57. The minimum absolute atomic E-state index is 0.126. The molecule has 4 heteroatoms. The van der Waals surface area contributed by atoms with Crippen molar-refractivity contribution < 1.29 is 9.53 Å². The molecule has 26 heavy (non-hydrogen) atoms. The van der Waals surface area contributed by atoms with Gasteiger partial charge in [0.25, 0.3) is 0 Å². The molecule has 2 saturated heterocycles. The smallest absolute Gasteiger partial charge is 0.410 e. The lowest BCUT2D eigenvalue weighted by molar-refractivity contribution is -0.0706. The first-order valence-corrected chi connectivity index (χ1v) is 10.1. The minimum Gasteiger partial charge on any atom is -0.444 e. The van der Waals surface area contributed by atoms with Gasteiger partial charge in [-0.05, 0) is 62.8 Å². The fraction of sp³-hybridized carbons (Fsp3) is 0.682. The maximum atomic E-state index is 12.4. The Bertz CT molecular complexity index is 648. The molecule has 3 fully saturated rings. The zero-order valence-electron chi connectivity index (χ0n) is 16.4. The number of hydrogen-bond donors (Lipinski definition) is 0. The molecule has 0 N–H and O–H groups in total. The Kier molecular flexibility index (Phi) is 4.50. The van der Waals surface area contributed by atoms with Crippen LogP contribution in [0.5, 0.6) is 0 Å². The highest BCUT2D eigenvalue weighted by atomic mass is 16.6. The van der Waals surface area contributed by atoms with Gasteiger partial charge in [-0.3, -0.25) is 4.90 Å². The molecule has 2 aliphatic heterocycles. The molecule has 2 heterocycles. The third-order valence-corrected chi connectivity index (χ3v) is 6.58. The predicted molar refractivity (Wildman–Crippen MR) is 103 cm³/mol. The van der Waals surface area contributed by atoms with Gasteiger partial charge in [-0.2, -0.15) is 0 Å². The summed E-state index contributed by atoms with van der Waals surface area (Å²) >= 11 is 0. The van der Waals surface area contributed by atoms with Gasteiger partial charge in [0, 0.05) is 32.7 Å². The molecule has 1 unspecified atom stereocenters. The van der Waals surface area contributed by atoms with Crippen molar-refractivity contribution >= 4 is 6.09 Å². The van der Waals surface area contributed by atoms with Crippen LogP contribution in [-0.4, -0.2) is 47.7 Å².